The van der Waals surface area contributed by atoms with Gasteiger partial charge in [0, 0.05) is 0 Å². The number of rotatable bonds is 2. The molecule has 3 aromatic rings. The van der Waals surface area contributed by atoms with E-state index in [1.54, 1.807) is 30.3 Å². The number of aryl methyl sites for hydroxylation is 1. The molecule has 22 heavy (non-hydrogen) atoms. The van der Waals surface area contributed by atoms with Gasteiger partial charge in [0.05, 0.1) is 4.90 Å². The summed E-state index contributed by atoms with van der Waals surface area (Å²) in [4.78, 5) is 0.249. The molecular weight excluding hydrogens is 389 g/mol. The van der Waals surface area contributed by atoms with Gasteiger partial charge in [-0.3, -0.25) is 13.8 Å². The minimum atomic E-state index is -3.68. The number of benzene rings is 2. The first-order valence-corrected chi connectivity index (χ1v) is 7.96. The molecule has 1 heterocycles. The number of para-hydroxylation sites is 1. The standard InChI is InChI=1S/C17H15NO2S.Pd/c1-12-8-10-15(11-9-12)21(19,20)18-14(3)13(2)16-6-4-5-7-17(16)18;/h4-11H,2-3H2,1H3;/q-2;+2. The van der Waals surface area contributed by atoms with E-state index in [-0.39, 0.29) is 25.3 Å². The summed E-state index contributed by atoms with van der Waals surface area (Å²) in [5.74, 6) is 0. The predicted molar refractivity (Wildman–Crippen MR) is 84.6 cm³/mol. The molecule has 0 atom stereocenters. The Labute approximate surface area is 144 Å². The van der Waals surface area contributed by atoms with E-state index in [0.717, 1.165) is 10.9 Å². The summed E-state index contributed by atoms with van der Waals surface area (Å²) >= 11 is 0. The van der Waals surface area contributed by atoms with Gasteiger partial charge in [0.15, 0.2) is 0 Å². The van der Waals surface area contributed by atoms with Gasteiger partial charge >= 0.3 is 20.4 Å². The minimum Gasteiger partial charge on any atom is -0.335 e. The quantitative estimate of drug-likeness (QED) is 0.485. The molecule has 0 unspecified atom stereocenters. The zero-order valence-corrected chi connectivity index (χ0v) is 14.4. The molecule has 0 saturated carbocycles. The average molecular weight is 404 g/mol. The molecule has 3 rings (SSSR count). The van der Waals surface area contributed by atoms with E-state index >= 15 is 0 Å². The van der Waals surface area contributed by atoms with Crippen LogP contribution < -0.4 is 0 Å². The molecule has 0 aliphatic rings. The van der Waals surface area contributed by atoms with Crippen LogP contribution in [-0.2, 0) is 30.4 Å². The fraction of sp³-hybridized carbons (Fsp3) is 0.0588. The van der Waals surface area contributed by atoms with E-state index < -0.39 is 10.0 Å². The van der Waals surface area contributed by atoms with Crippen molar-refractivity contribution in [3.05, 3.63) is 79.2 Å². The summed E-state index contributed by atoms with van der Waals surface area (Å²) in [6.07, 6.45) is 0. The molecule has 0 fully saturated rings. The first kappa shape index (κ1) is 16.7. The van der Waals surface area contributed by atoms with E-state index in [2.05, 4.69) is 13.8 Å². The van der Waals surface area contributed by atoms with Gasteiger partial charge in [0.2, 0.25) is 0 Å². The molecule has 0 N–H and O–H groups in total. The van der Waals surface area contributed by atoms with Gasteiger partial charge in [-0.2, -0.15) is 5.39 Å². The Morgan fingerprint density at radius 2 is 1.55 bits per heavy atom. The number of nitrogens with zero attached hydrogens (tertiary/aromatic N) is 1. The molecule has 0 amide bonds. The smallest absolute Gasteiger partial charge is 0.335 e. The number of fused-ring (bicyclic) bond motifs is 1. The maximum absolute atomic E-state index is 12.9. The van der Waals surface area contributed by atoms with Gasteiger partial charge in [-0.05, 0) is 24.6 Å². The van der Waals surface area contributed by atoms with E-state index in [4.69, 9.17) is 0 Å². The molecule has 0 spiro atoms. The van der Waals surface area contributed by atoms with Gasteiger partial charge in [-0.1, -0.05) is 35.9 Å². The zero-order chi connectivity index (χ0) is 15.2. The Bertz CT molecular complexity index is 925. The van der Waals surface area contributed by atoms with Crippen molar-refractivity contribution in [3.8, 4) is 0 Å². The van der Waals surface area contributed by atoms with E-state index in [0.29, 0.717) is 16.8 Å². The molecule has 2 aromatic carbocycles. The summed E-state index contributed by atoms with van der Waals surface area (Å²) in [5.41, 5.74) is 2.66. The monoisotopic (exact) mass is 403 g/mol. The molecule has 5 heteroatoms. The van der Waals surface area contributed by atoms with Crippen LogP contribution >= 0.6 is 0 Å². The van der Waals surface area contributed by atoms with Crippen LogP contribution in [-0.4, -0.2) is 12.4 Å². The van der Waals surface area contributed by atoms with Crippen LogP contribution in [0.4, 0.5) is 0 Å². The normalized spacial score (nSPS) is 11.3. The number of aromatic nitrogens is 1. The fourth-order valence-electron chi connectivity index (χ4n) is 2.42. The van der Waals surface area contributed by atoms with Crippen molar-refractivity contribution in [2.24, 2.45) is 0 Å². The van der Waals surface area contributed by atoms with Crippen LogP contribution in [0.2, 0.25) is 0 Å². The van der Waals surface area contributed by atoms with Gasteiger partial charge in [-0.25, -0.2) is 14.1 Å². The molecule has 3 nitrogen and oxygen atoms in total. The summed E-state index contributed by atoms with van der Waals surface area (Å²) in [6.45, 7) is 9.75. The zero-order valence-electron chi connectivity index (χ0n) is 12.0. The molecule has 0 radical (unpaired) electrons. The third-order valence-corrected chi connectivity index (χ3v) is 5.37. The fourth-order valence-corrected chi connectivity index (χ4v) is 3.93. The van der Waals surface area contributed by atoms with Crippen molar-refractivity contribution in [2.75, 3.05) is 0 Å². The van der Waals surface area contributed by atoms with Crippen LogP contribution in [0, 0.1) is 20.8 Å². The van der Waals surface area contributed by atoms with Crippen LogP contribution in [0.3, 0.4) is 0 Å². The van der Waals surface area contributed by atoms with Crippen LogP contribution in [0.5, 0.6) is 0 Å². The Hall–Kier alpha value is -1.67. The van der Waals surface area contributed by atoms with Crippen molar-refractivity contribution in [1.29, 1.82) is 0 Å². The summed E-state index contributed by atoms with van der Waals surface area (Å²) in [6, 6.07) is 14.1. The number of hydrogen-bond donors (Lipinski definition) is 0. The summed E-state index contributed by atoms with van der Waals surface area (Å²) < 4.78 is 27.1. The first-order valence-electron chi connectivity index (χ1n) is 6.52. The van der Waals surface area contributed by atoms with Crippen molar-refractivity contribution in [2.45, 2.75) is 11.8 Å². The van der Waals surface area contributed by atoms with Crippen molar-refractivity contribution < 1.29 is 28.8 Å². The topological polar surface area (TPSA) is 39.1 Å². The molecule has 116 valence electrons. The molecular formula is C17H15NO2PdS. The van der Waals surface area contributed by atoms with E-state index in [1.165, 1.54) is 3.97 Å². The van der Waals surface area contributed by atoms with E-state index in [1.807, 2.05) is 25.1 Å². The Morgan fingerprint density at radius 1 is 0.955 bits per heavy atom. The third kappa shape index (κ3) is 2.46. The first-order chi connectivity index (χ1) is 9.93. The van der Waals surface area contributed by atoms with Crippen molar-refractivity contribution in [3.63, 3.8) is 0 Å². The number of hydrogen-bond acceptors (Lipinski definition) is 2. The minimum absolute atomic E-state index is 0. The second-order valence-electron chi connectivity index (χ2n) is 5.02. The third-order valence-electron chi connectivity index (χ3n) is 3.60. The van der Waals surface area contributed by atoms with Gasteiger partial charge in [0.1, 0.15) is 0 Å². The maximum atomic E-state index is 12.9. The molecule has 1 aromatic heterocycles. The molecule has 0 bridgehead atoms. The van der Waals surface area contributed by atoms with E-state index in [9.17, 15) is 8.42 Å². The van der Waals surface area contributed by atoms with Crippen LogP contribution in [0.1, 0.15) is 16.8 Å². The molecule has 0 aliphatic carbocycles. The predicted octanol–water partition coefficient (Wildman–Crippen LogP) is 3.55. The molecule has 0 saturated heterocycles. The summed E-state index contributed by atoms with van der Waals surface area (Å²) in [7, 11) is -3.68. The average Bonchev–Trinajstić information content (AvgIpc) is 2.72. The summed E-state index contributed by atoms with van der Waals surface area (Å²) in [5, 5.41) is 0.804. The Kier molecular flexibility index (Phi) is 4.44. The second kappa shape index (κ2) is 5.85. The second-order valence-corrected chi connectivity index (χ2v) is 6.81. The largest absolute Gasteiger partial charge is 2.00 e. The van der Waals surface area contributed by atoms with Gasteiger partial charge < -0.3 is 9.54 Å². The van der Waals surface area contributed by atoms with Gasteiger partial charge in [0.25, 0.3) is 10.0 Å². The maximum Gasteiger partial charge on any atom is 2.00 e. The van der Waals surface area contributed by atoms with Crippen molar-refractivity contribution >= 4 is 20.9 Å². The van der Waals surface area contributed by atoms with Crippen LogP contribution in [0.15, 0.2) is 53.4 Å². The Balaban J connectivity index is 0.00000176. The van der Waals surface area contributed by atoms with Crippen LogP contribution in [0.25, 0.3) is 10.9 Å². The Morgan fingerprint density at radius 3 is 2.18 bits per heavy atom. The molecule has 0 aliphatic heterocycles. The van der Waals surface area contributed by atoms with Crippen molar-refractivity contribution in [1.82, 2.24) is 3.97 Å². The van der Waals surface area contributed by atoms with Gasteiger partial charge in [-0.15, -0.1) is 6.07 Å². The SMILES string of the molecule is [CH2-]c1c([CH2-])n(S(=O)(=O)c2ccc(C)cc2)c2ccccc12.[Pd+2].